The fourth-order valence-corrected chi connectivity index (χ4v) is 2.71. The number of benzene rings is 2. The van der Waals surface area contributed by atoms with Crippen LogP contribution < -0.4 is 0 Å². The molecule has 19 heavy (non-hydrogen) atoms. The predicted octanol–water partition coefficient (Wildman–Crippen LogP) is 5.15. The molecule has 6 heteroatoms. The molecule has 0 aliphatic rings. The molecule has 0 saturated carbocycles. The average Bonchev–Trinajstić information content (AvgIpc) is 2.29. The molecule has 0 bridgehead atoms. The van der Waals surface area contributed by atoms with Gasteiger partial charge in [0.05, 0.1) is 15.6 Å². The first-order valence-corrected chi connectivity index (χ1v) is 6.22. The number of carbonyl (C=O) groups is 1. The van der Waals surface area contributed by atoms with Crippen LogP contribution in [0, 0.1) is 5.82 Å². The zero-order valence-electron chi connectivity index (χ0n) is 9.25. The van der Waals surface area contributed by atoms with Crippen molar-refractivity contribution in [2.24, 2.45) is 0 Å². The Morgan fingerprint density at radius 3 is 2.21 bits per heavy atom. The van der Waals surface area contributed by atoms with Crippen LogP contribution in [-0.2, 0) is 0 Å². The van der Waals surface area contributed by atoms with Crippen LogP contribution in [0.4, 0.5) is 4.39 Å². The molecule has 1 N–H and O–H groups in total. The summed E-state index contributed by atoms with van der Waals surface area (Å²) in [6, 6.07) is 6.82. The van der Waals surface area contributed by atoms with Gasteiger partial charge in [-0.05, 0) is 18.2 Å². The molecule has 0 spiro atoms. The largest absolute Gasteiger partial charge is 0.478 e. The van der Waals surface area contributed by atoms with Crippen molar-refractivity contribution in [2.45, 2.75) is 0 Å². The fourth-order valence-electron chi connectivity index (χ4n) is 1.69. The normalized spacial score (nSPS) is 10.5. The number of carboxylic acids is 1. The van der Waals surface area contributed by atoms with Gasteiger partial charge in [-0.1, -0.05) is 46.9 Å². The lowest BCUT2D eigenvalue weighted by atomic mass is 10.0. The second-order valence-corrected chi connectivity index (χ2v) is 4.97. The minimum Gasteiger partial charge on any atom is -0.478 e. The zero-order chi connectivity index (χ0) is 14.2. The molecule has 98 valence electrons. The molecule has 0 heterocycles. The van der Waals surface area contributed by atoms with Crippen molar-refractivity contribution in [2.75, 3.05) is 0 Å². The first kappa shape index (κ1) is 14.1. The number of hydrogen-bond acceptors (Lipinski definition) is 1. The third-order valence-corrected chi connectivity index (χ3v) is 3.32. The highest BCUT2D eigenvalue weighted by Crippen LogP contribution is 2.38. The van der Waals surface area contributed by atoms with Crippen LogP contribution in [0.15, 0.2) is 30.3 Å². The summed E-state index contributed by atoms with van der Waals surface area (Å²) in [6.07, 6.45) is 0. The Bertz CT molecular complexity index is 648. The van der Waals surface area contributed by atoms with Crippen LogP contribution in [0.25, 0.3) is 11.1 Å². The Morgan fingerprint density at radius 1 is 1.11 bits per heavy atom. The summed E-state index contributed by atoms with van der Waals surface area (Å²) in [6.45, 7) is 0. The SMILES string of the molecule is O=C(O)c1cccc(-c2c(Cl)cc(Cl)cc2Cl)c1F. The van der Waals surface area contributed by atoms with Crippen molar-refractivity contribution < 1.29 is 14.3 Å². The summed E-state index contributed by atoms with van der Waals surface area (Å²) in [4.78, 5) is 10.9. The average molecular weight is 320 g/mol. The van der Waals surface area contributed by atoms with Gasteiger partial charge in [0.25, 0.3) is 0 Å². The Hall–Kier alpha value is -1.29. The molecule has 0 amide bonds. The first-order valence-electron chi connectivity index (χ1n) is 5.08. The molecule has 0 radical (unpaired) electrons. The van der Waals surface area contributed by atoms with Gasteiger partial charge in [0, 0.05) is 16.1 Å². The van der Waals surface area contributed by atoms with Crippen LogP contribution in [-0.4, -0.2) is 11.1 Å². The molecule has 0 aliphatic heterocycles. The maximum atomic E-state index is 14.1. The van der Waals surface area contributed by atoms with Gasteiger partial charge in [0.2, 0.25) is 0 Å². The zero-order valence-corrected chi connectivity index (χ0v) is 11.5. The molecule has 0 atom stereocenters. The van der Waals surface area contributed by atoms with E-state index in [2.05, 4.69) is 0 Å². The van der Waals surface area contributed by atoms with E-state index >= 15 is 0 Å². The minimum absolute atomic E-state index is 0.0200. The van der Waals surface area contributed by atoms with E-state index in [4.69, 9.17) is 39.9 Å². The predicted molar refractivity (Wildman–Crippen MR) is 73.8 cm³/mol. The highest BCUT2D eigenvalue weighted by Gasteiger charge is 2.19. The van der Waals surface area contributed by atoms with E-state index in [0.717, 1.165) is 0 Å². The molecule has 0 aliphatic carbocycles. The van der Waals surface area contributed by atoms with E-state index in [1.165, 1.54) is 30.3 Å². The van der Waals surface area contributed by atoms with Gasteiger partial charge in [-0.25, -0.2) is 9.18 Å². The smallest absolute Gasteiger partial charge is 0.338 e. The minimum atomic E-state index is -1.36. The van der Waals surface area contributed by atoms with Crippen LogP contribution in [0.3, 0.4) is 0 Å². The third-order valence-electron chi connectivity index (χ3n) is 2.51. The lowest BCUT2D eigenvalue weighted by Crippen LogP contribution is -2.02. The van der Waals surface area contributed by atoms with Crippen molar-refractivity contribution in [1.82, 2.24) is 0 Å². The summed E-state index contributed by atoms with van der Waals surface area (Å²) >= 11 is 17.8. The summed E-state index contributed by atoms with van der Waals surface area (Å²) in [5.74, 6) is -2.25. The molecular formula is C13H6Cl3FO2. The quantitative estimate of drug-likeness (QED) is 0.831. The van der Waals surface area contributed by atoms with Crippen molar-refractivity contribution in [1.29, 1.82) is 0 Å². The number of hydrogen-bond donors (Lipinski definition) is 1. The van der Waals surface area contributed by atoms with E-state index in [9.17, 15) is 9.18 Å². The summed E-state index contributed by atoms with van der Waals surface area (Å²) < 4.78 is 14.1. The molecule has 2 aromatic carbocycles. The maximum absolute atomic E-state index is 14.1. The Morgan fingerprint density at radius 2 is 1.68 bits per heavy atom. The number of rotatable bonds is 2. The van der Waals surface area contributed by atoms with Crippen molar-refractivity contribution in [3.8, 4) is 11.1 Å². The van der Waals surface area contributed by atoms with Gasteiger partial charge in [-0.3, -0.25) is 0 Å². The topological polar surface area (TPSA) is 37.3 Å². The monoisotopic (exact) mass is 318 g/mol. The molecule has 0 aromatic heterocycles. The molecule has 0 fully saturated rings. The van der Waals surface area contributed by atoms with Gasteiger partial charge >= 0.3 is 5.97 Å². The number of halogens is 4. The van der Waals surface area contributed by atoms with Crippen LogP contribution in [0.2, 0.25) is 15.1 Å². The molecule has 2 aromatic rings. The van der Waals surface area contributed by atoms with Crippen LogP contribution in [0.1, 0.15) is 10.4 Å². The van der Waals surface area contributed by atoms with Crippen molar-refractivity contribution in [3.05, 3.63) is 56.8 Å². The third kappa shape index (κ3) is 2.68. The van der Waals surface area contributed by atoms with Gasteiger partial charge < -0.3 is 5.11 Å². The molecular weight excluding hydrogens is 313 g/mol. The van der Waals surface area contributed by atoms with Crippen molar-refractivity contribution >= 4 is 40.8 Å². The van der Waals surface area contributed by atoms with Gasteiger partial charge in [0.15, 0.2) is 0 Å². The van der Waals surface area contributed by atoms with E-state index < -0.39 is 17.3 Å². The molecule has 2 nitrogen and oxygen atoms in total. The van der Waals surface area contributed by atoms with E-state index in [-0.39, 0.29) is 21.2 Å². The molecule has 2 rings (SSSR count). The molecule has 0 unspecified atom stereocenters. The van der Waals surface area contributed by atoms with Crippen molar-refractivity contribution in [3.63, 3.8) is 0 Å². The Labute approximate surface area is 123 Å². The van der Waals surface area contributed by atoms with Gasteiger partial charge in [-0.15, -0.1) is 0 Å². The van der Waals surface area contributed by atoms with Gasteiger partial charge in [-0.2, -0.15) is 0 Å². The summed E-state index contributed by atoms with van der Waals surface area (Å²) in [5.41, 5.74) is -0.209. The second kappa shape index (κ2) is 5.37. The summed E-state index contributed by atoms with van der Waals surface area (Å²) in [7, 11) is 0. The van der Waals surface area contributed by atoms with E-state index in [0.29, 0.717) is 5.02 Å². The standard InChI is InChI=1S/C13H6Cl3FO2/c14-6-4-9(15)11(10(16)5-6)7-2-1-3-8(12(7)17)13(18)19/h1-5H,(H,18,19). The lowest BCUT2D eigenvalue weighted by molar-refractivity contribution is 0.0692. The Balaban J connectivity index is 2.73. The van der Waals surface area contributed by atoms with Gasteiger partial charge in [0.1, 0.15) is 5.82 Å². The second-order valence-electron chi connectivity index (χ2n) is 3.72. The molecule has 0 saturated heterocycles. The highest BCUT2D eigenvalue weighted by molar-refractivity contribution is 6.41. The van der Waals surface area contributed by atoms with Crippen LogP contribution >= 0.6 is 34.8 Å². The maximum Gasteiger partial charge on any atom is 0.338 e. The summed E-state index contributed by atoms with van der Waals surface area (Å²) in [5, 5.41) is 9.51. The lowest BCUT2D eigenvalue weighted by Gasteiger charge is -2.10. The van der Waals surface area contributed by atoms with E-state index in [1.54, 1.807) is 0 Å². The van der Waals surface area contributed by atoms with E-state index in [1.807, 2.05) is 0 Å². The Kier molecular flexibility index (Phi) is 3.99. The first-order chi connectivity index (χ1) is 8.91. The number of aromatic carboxylic acids is 1. The highest BCUT2D eigenvalue weighted by atomic mass is 35.5. The number of carboxylic acid groups (broad SMARTS) is 1. The fraction of sp³-hybridized carbons (Fsp3) is 0. The van der Waals surface area contributed by atoms with Crippen LogP contribution in [0.5, 0.6) is 0 Å².